The van der Waals surface area contributed by atoms with Gasteiger partial charge in [0, 0.05) is 10.6 Å². The zero-order valence-electron chi connectivity index (χ0n) is 6.18. The smallest absolute Gasteiger partial charge is 0.341 e. The molecule has 0 N–H and O–H groups in total. The lowest BCUT2D eigenvalue weighted by Crippen LogP contribution is -1.94. The summed E-state index contributed by atoms with van der Waals surface area (Å²) >= 11 is 14.8. The van der Waals surface area contributed by atoms with Gasteiger partial charge in [0.2, 0.25) is 0 Å². The molecule has 1 heterocycles. The van der Waals surface area contributed by atoms with Crippen LogP contribution in [0.3, 0.4) is 0 Å². The first-order chi connectivity index (χ1) is 6.09. The normalized spacial score (nSPS) is 19.9. The molecular weight excluding hydrogens is 279 g/mol. The van der Waals surface area contributed by atoms with Crippen molar-refractivity contribution in [2.45, 2.75) is 5.01 Å². The fourth-order valence-electron chi connectivity index (χ4n) is 1.20. The van der Waals surface area contributed by atoms with E-state index in [1.165, 1.54) is 6.07 Å². The van der Waals surface area contributed by atoms with E-state index >= 15 is 0 Å². The number of esters is 1. The van der Waals surface area contributed by atoms with E-state index in [0.29, 0.717) is 21.2 Å². The van der Waals surface area contributed by atoms with Crippen LogP contribution in [0.2, 0.25) is 10.0 Å². The largest absolute Gasteiger partial charge is 0.442 e. The molecule has 2 nitrogen and oxygen atoms in total. The molecule has 0 unspecified atom stereocenters. The van der Waals surface area contributed by atoms with Crippen molar-refractivity contribution in [3.05, 3.63) is 33.3 Å². The Morgan fingerprint density at radius 3 is 2.77 bits per heavy atom. The first kappa shape index (κ1) is 9.31. The first-order valence-corrected chi connectivity index (χ1v) is 5.11. The molecule has 0 amide bonds. The molecule has 1 atom stereocenters. The molecule has 0 spiro atoms. The number of benzene rings is 1. The van der Waals surface area contributed by atoms with Crippen LogP contribution in [0.15, 0.2) is 12.1 Å². The highest BCUT2D eigenvalue weighted by molar-refractivity contribution is 9.09. The molecule has 0 fully saturated rings. The van der Waals surface area contributed by atoms with Crippen LogP contribution in [0.25, 0.3) is 0 Å². The molecule has 1 aliphatic heterocycles. The number of ether oxygens (including phenoxy) is 1. The van der Waals surface area contributed by atoms with E-state index in [-0.39, 0.29) is 0 Å². The lowest BCUT2D eigenvalue weighted by molar-refractivity contribution is 0.0530. The molecular formula is C8H3BrCl2O2. The molecule has 1 aromatic rings. The minimum Gasteiger partial charge on any atom is -0.442 e. The SMILES string of the molecule is O=C1O[C@@H](Br)c2cc(Cl)cc(Cl)c21. The number of cyclic esters (lactones) is 1. The van der Waals surface area contributed by atoms with Crippen molar-refractivity contribution < 1.29 is 9.53 Å². The fourth-order valence-corrected chi connectivity index (χ4v) is 2.32. The van der Waals surface area contributed by atoms with Gasteiger partial charge in [-0.3, -0.25) is 0 Å². The van der Waals surface area contributed by atoms with Crippen LogP contribution in [0.1, 0.15) is 20.9 Å². The van der Waals surface area contributed by atoms with Crippen molar-refractivity contribution in [1.29, 1.82) is 0 Å². The number of carbonyl (C=O) groups excluding carboxylic acids is 1. The standard InChI is InChI=1S/C8H3BrCl2O2/c9-7-4-1-3(10)2-5(11)6(4)8(12)13-7/h1-2,7H/t7-/m1/s1. The number of hydrogen-bond donors (Lipinski definition) is 0. The molecule has 2 rings (SSSR count). The second-order valence-corrected chi connectivity index (χ2v) is 4.25. The summed E-state index contributed by atoms with van der Waals surface area (Å²) in [6.07, 6.45) is 0. The summed E-state index contributed by atoms with van der Waals surface area (Å²) in [6, 6.07) is 3.18. The molecule has 68 valence electrons. The van der Waals surface area contributed by atoms with Crippen molar-refractivity contribution in [2.75, 3.05) is 0 Å². The van der Waals surface area contributed by atoms with E-state index < -0.39 is 11.0 Å². The zero-order valence-corrected chi connectivity index (χ0v) is 9.28. The molecule has 13 heavy (non-hydrogen) atoms. The van der Waals surface area contributed by atoms with Crippen LogP contribution in [0.4, 0.5) is 0 Å². The predicted octanol–water partition coefficient (Wildman–Crippen LogP) is 3.56. The van der Waals surface area contributed by atoms with Gasteiger partial charge in [-0.2, -0.15) is 0 Å². The van der Waals surface area contributed by atoms with E-state index in [1.54, 1.807) is 6.07 Å². The third kappa shape index (κ3) is 1.45. The van der Waals surface area contributed by atoms with Crippen molar-refractivity contribution in [1.82, 2.24) is 0 Å². The second-order valence-electron chi connectivity index (χ2n) is 2.57. The minimum atomic E-state index is -0.439. The number of halogens is 3. The van der Waals surface area contributed by atoms with Crippen LogP contribution in [-0.2, 0) is 4.74 Å². The molecule has 1 aliphatic rings. The van der Waals surface area contributed by atoms with E-state index in [1.807, 2.05) is 0 Å². The highest BCUT2D eigenvalue weighted by atomic mass is 79.9. The monoisotopic (exact) mass is 280 g/mol. The van der Waals surface area contributed by atoms with Gasteiger partial charge in [-0.1, -0.05) is 23.2 Å². The number of alkyl halides is 1. The molecule has 0 saturated heterocycles. The maximum Gasteiger partial charge on any atom is 0.341 e. The van der Waals surface area contributed by atoms with Gasteiger partial charge in [0.05, 0.1) is 10.6 Å². The average Bonchev–Trinajstić information content (AvgIpc) is 2.27. The van der Waals surface area contributed by atoms with E-state index in [4.69, 9.17) is 27.9 Å². The Morgan fingerprint density at radius 2 is 2.08 bits per heavy atom. The second kappa shape index (κ2) is 3.15. The quantitative estimate of drug-likeness (QED) is 0.537. The van der Waals surface area contributed by atoms with Crippen LogP contribution in [0.5, 0.6) is 0 Å². The highest BCUT2D eigenvalue weighted by Crippen LogP contribution is 2.40. The molecule has 0 aliphatic carbocycles. The summed E-state index contributed by atoms with van der Waals surface area (Å²) < 4.78 is 4.90. The minimum absolute atomic E-state index is 0.328. The number of carbonyl (C=O) groups is 1. The van der Waals surface area contributed by atoms with Gasteiger partial charge in [0.25, 0.3) is 0 Å². The lowest BCUT2D eigenvalue weighted by atomic mass is 10.1. The maximum atomic E-state index is 11.2. The van der Waals surface area contributed by atoms with Gasteiger partial charge in [0.1, 0.15) is 0 Å². The summed E-state index contributed by atoms with van der Waals surface area (Å²) in [4.78, 5) is 11.2. The molecule has 0 radical (unpaired) electrons. The summed E-state index contributed by atoms with van der Waals surface area (Å²) in [5, 5.41) is 0.382. The Bertz CT molecular complexity index is 392. The Labute approximate surface area is 92.9 Å². The van der Waals surface area contributed by atoms with Crippen LogP contribution in [-0.4, -0.2) is 5.97 Å². The maximum absolute atomic E-state index is 11.2. The van der Waals surface area contributed by atoms with E-state index in [2.05, 4.69) is 15.9 Å². The Balaban J connectivity index is 2.69. The Morgan fingerprint density at radius 1 is 1.38 bits per heavy atom. The summed E-state index contributed by atoms with van der Waals surface area (Å²) in [5.41, 5.74) is 1.08. The topological polar surface area (TPSA) is 26.3 Å². The zero-order chi connectivity index (χ0) is 9.59. The van der Waals surface area contributed by atoms with E-state index in [0.717, 1.165) is 0 Å². The van der Waals surface area contributed by atoms with Gasteiger partial charge in [-0.05, 0) is 28.1 Å². The van der Waals surface area contributed by atoms with Crippen molar-refractivity contribution in [3.8, 4) is 0 Å². The average molecular weight is 282 g/mol. The van der Waals surface area contributed by atoms with Gasteiger partial charge in [-0.15, -0.1) is 0 Å². The molecule has 0 aromatic heterocycles. The summed E-state index contributed by atoms with van der Waals surface area (Å²) in [7, 11) is 0. The van der Waals surface area contributed by atoms with Crippen molar-refractivity contribution in [2.24, 2.45) is 0 Å². The van der Waals surface area contributed by atoms with E-state index in [9.17, 15) is 4.79 Å². The van der Waals surface area contributed by atoms with Crippen molar-refractivity contribution >= 4 is 45.1 Å². The van der Waals surface area contributed by atoms with Gasteiger partial charge in [0.15, 0.2) is 5.01 Å². The third-order valence-electron chi connectivity index (χ3n) is 1.74. The third-order valence-corrected chi connectivity index (χ3v) is 2.94. The Hall–Kier alpha value is -0.250. The van der Waals surface area contributed by atoms with Gasteiger partial charge >= 0.3 is 5.97 Å². The first-order valence-electron chi connectivity index (χ1n) is 3.43. The fraction of sp³-hybridized carbons (Fsp3) is 0.125. The van der Waals surface area contributed by atoms with Crippen LogP contribution in [0, 0.1) is 0 Å². The Kier molecular flexibility index (Phi) is 2.26. The summed E-state index contributed by atoms with van der Waals surface area (Å²) in [6.45, 7) is 0. The van der Waals surface area contributed by atoms with Gasteiger partial charge < -0.3 is 4.74 Å². The molecule has 5 heteroatoms. The van der Waals surface area contributed by atoms with Crippen LogP contribution < -0.4 is 0 Å². The number of hydrogen-bond acceptors (Lipinski definition) is 2. The highest BCUT2D eigenvalue weighted by Gasteiger charge is 2.31. The lowest BCUT2D eigenvalue weighted by Gasteiger charge is -2.00. The number of rotatable bonds is 0. The molecule has 1 aromatic carbocycles. The van der Waals surface area contributed by atoms with Crippen molar-refractivity contribution in [3.63, 3.8) is 0 Å². The van der Waals surface area contributed by atoms with Gasteiger partial charge in [-0.25, -0.2) is 4.79 Å². The predicted molar refractivity (Wildman–Crippen MR) is 53.5 cm³/mol. The molecule has 0 bridgehead atoms. The molecule has 0 saturated carbocycles. The van der Waals surface area contributed by atoms with Crippen LogP contribution >= 0.6 is 39.1 Å². The summed E-state index contributed by atoms with van der Waals surface area (Å²) in [5.74, 6) is -0.418. The number of fused-ring (bicyclic) bond motifs is 1.